The molecule has 0 fully saturated rings. The number of pyridine rings is 1. The van der Waals surface area contributed by atoms with Crippen LogP contribution in [0.15, 0.2) is 122 Å². The first-order chi connectivity index (χ1) is 39.0. The highest BCUT2D eigenvalue weighted by Gasteiger charge is 2.42. The maximum atomic E-state index is 13.5. The Morgan fingerprint density at radius 1 is 0.819 bits per heavy atom. The number of methoxy groups -OCH3 is 1. The molecule has 436 valence electrons. The first kappa shape index (κ1) is 63.1. The van der Waals surface area contributed by atoms with Gasteiger partial charge in [0.15, 0.2) is 23.1 Å². The number of rotatable bonds is 14. The summed E-state index contributed by atoms with van der Waals surface area (Å²) in [4.78, 5) is 52.3. The zero-order valence-corrected chi connectivity index (χ0v) is 44.1. The number of amides is 2. The molecule has 0 aliphatic heterocycles. The number of anilines is 4. The molecular weight excluding hydrogens is 1200 g/mol. The Hall–Kier alpha value is -9.13. The van der Waals surface area contributed by atoms with Gasteiger partial charge in [0.05, 0.1) is 57.2 Å². The van der Waals surface area contributed by atoms with Crippen LogP contribution in [-0.4, -0.2) is 60.6 Å². The number of hydrogen-bond donors (Lipinski definition) is 2. The van der Waals surface area contributed by atoms with Crippen molar-refractivity contribution in [2.24, 2.45) is 7.05 Å². The lowest BCUT2D eigenvalue weighted by molar-refractivity contribution is -0.392. The van der Waals surface area contributed by atoms with E-state index in [9.17, 15) is 78.1 Å². The molecular formula is C50H34Cl3F11N10O9. The number of aryl methyl sites for hydroxylation is 1. The summed E-state index contributed by atoms with van der Waals surface area (Å²) in [5, 5.41) is 34.2. The lowest BCUT2D eigenvalue weighted by Crippen LogP contribution is -2.30. The fourth-order valence-electron chi connectivity index (χ4n) is 7.12. The second kappa shape index (κ2) is 26.6. The molecule has 8 aromatic rings. The standard InChI is InChI=1S/C19H18ClN3O4.C18H12F5N3O.C13H4Cl2F6N4O4/c1-25-19(24)23(26-2)17-6-4-3-5-14(17)13-27-18-11-12-22(21-18)16-9-7-15(20)8-10-16;1-26-8-11(16(25-26)17(22)23)18(27)24-14-5-3-2-4-10(14)9-6-12(19)15(21)13(20)7-9;14-6-1-4(12(16,17)18)3-22-11(6)23-9-7(24(26)27)2-5(13(19,20)21)8(15)10(9)25(28)29/h3-12H,13H2,1-2H3;2-8,17H,1H3,(H,24,27);1-3H,(H,22,23). The van der Waals surface area contributed by atoms with E-state index < -0.39 is 108 Å². The monoisotopic (exact) mass is 1230 g/mol. The van der Waals surface area contributed by atoms with Gasteiger partial charge in [0.2, 0.25) is 5.88 Å². The van der Waals surface area contributed by atoms with Gasteiger partial charge in [-0.05, 0) is 60.2 Å². The molecule has 3 heterocycles. The Morgan fingerprint density at radius 3 is 2.04 bits per heavy atom. The number of nitro groups is 2. The Morgan fingerprint density at radius 2 is 1.46 bits per heavy atom. The van der Waals surface area contributed by atoms with Gasteiger partial charge >= 0.3 is 29.8 Å². The number of aromatic nitrogens is 5. The Bertz CT molecular complexity index is 3680. The van der Waals surface area contributed by atoms with Crippen LogP contribution in [0, 0.1) is 37.7 Å². The summed E-state index contributed by atoms with van der Waals surface area (Å²) in [6, 6.07) is 24.1. The summed E-state index contributed by atoms with van der Waals surface area (Å²) in [5.74, 6) is -5.54. The minimum Gasteiger partial charge on any atom is -0.472 e. The fourth-order valence-corrected chi connectivity index (χ4v) is 7.79. The van der Waals surface area contributed by atoms with Gasteiger partial charge in [0, 0.05) is 59.6 Å². The highest BCUT2D eigenvalue weighted by molar-refractivity contribution is 6.35. The van der Waals surface area contributed by atoms with Gasteiger partial charge in [0.1, 0.15) is 23.1 Å². The van der Waals surface area contributed by atoms with Crippen LogP contribution in [0.3, 0.4) is 0 Å². The molecule has 0 saturated carbocycles. The molecule has 5 aromatic carbocycles. The average Bonchev–Trinajstić information content (AvgIpc) is 3.36. The van der Waals surface area contributed by atoms with E-state index in [-0.39, 0.29) is 41.2 Å². The van der Waals surface area contributed by atoms with Crippen LogP contribution >= 0.6 is 34.8 Å². The Kier molecular flexibility index (Phi) is 20.2. The van der Waals surface area contributed by atoms with Crippen molar-refractivity contribution in [1.29, 1.82) is 0 Å². The van der Waals surface area contributed by atoms with E-state index in [1.807, 2.05) is 29.6 Å². The number of nitrogens with one attached hydrogen (secondary N) is 2. The molecule has 0 bridgehead atoms. The van der Waals surface area contributed by atoms with Gasteiger partial charge in [-0.25, -0.2) is 36.4 Å². The molecule has 19 nitrogen and oxygen atoms in total. The van der Waals surface area contributed by atoms with Crippen LogP contribution < -0.4 is 20.4 Å². The summed E-state index contributed by atoms with van der Waals surface area (Å²) in [5.41, 5.74) is -5.88. The lowest BCUT2D eigenvalue weighted by atomic mass is 10.0. The molecule has 3 aromatic heterocycles. The van der Waals surface area contributed by atoms with Crippen LogP contribution in [0.1, 0.15) is 39.2 Å². The number of carbonyl (C=O) groups is 2. The summed E-state index contributed by atoms with van der Waals surface area (Å²) in [6.07, 6.45) is -10.5. The molecule has 33 heteroatoms. The van der Waals surface area contributed by atoms with Crippen LogP contribution in [0.4, 0.5) is 87.3 Å². The summed E-state index contributed by atoms with van der Waals surface area (Å²) in [7, 11) is 4.07. The minimum absolute atomic E-state index is 0.0254. The molecule has 8 rings (SSSR count). The third-order valence-corrected chi connectivity index (χ3v) is 11.8. The third kappa shape index (κ3) is 15.5. The predicted octanol–water partition coefficient (Wildman–Crippen LogP) is 14.9. The van der Waals surface area contributed by atoms with Crippen molar-refractivity contribution in [3.05, 3.63) is 202 Å². The number of nitrogens with zero attached hydrogens (tertiary/aromatic N) is 8. The van der Waals surface area contributed by atoms with E-state index in [0.29, 0.717) is 22.7 Å². The molecule has 2 N–H and O–H groups in total. The number of ether oxygens (including phenoxy) is 2. The molecule has 0 spiro atoms. The number of hydrogen-bond acceptors (Lipinski definition) is 13. The zero-order chi connectivity index (χ0) is 61.2. The minimum atomic E-state index is -5.27. The van der Waals surface area contributed by atoms with E-state index >= 15 is 0 Å². The number of alkyl halides is 8. The number of hydroxylamine groups is 1. The SMILES string of the molecule is COC(=O)N(OC)c1ccccc1COc1ccn(-c2ccc(Cl)cc2)n1.Cn1cc(C(=O)Nc2ccccc2-c2cc(F)c(F)c(F)c2)c(C(F)F)n1.O=[N+]([O-])c1cc(C(F)(F)F)c(Cl)c([N+](=O)[O-])c1Nc1ncc(C(F)(F)F)cc1Cl. The van der Waals surface area contributed by atoms with Crippen LogP contribution in [0.25, 0.3) is 16.8 Å². The first-order valence-electron chi connectivity index (χ1n) is 22.6. The first-order valence-corrected chi connectivity index (χ1v) is 23.7. The fraction of sp³-hybridized carbons (Fsp3) is 0.140. The van der Waals surface area contributed by atoms with Crippen molar-refractivity contribution in [2.45, 2.75) is 25.4 Å². The van der Waals surface area contributed by atoms with Gasteiger partial charge < -0.3 is 20.1 Å². The number of benzene rings is 5. The Balaban J connectivity index is 0.000000200. The molecule has 83 heavy (non-hydrogen) atoms. The van der Waals surface area contributed by atoms with E-state index in [1.165, 1.54) is 39.5 Å². The van der Waals surface area contributed by atoms with Gasteiger partial charge in [-0.15, -0.1) is 5.10 Å². The van der Waals surface area contributed by atoms with Crippen LogP contribution in [0.2, 0.25) is 15.1 Å². The maximum absolute atomic E-state index is 13.5. The van der Waals surface area contributed by atoms with Gasteiger partial charge in [0.25, 0.3) is 12.3 Å². The largest absolute Gasteiger partial charge is 0.472 e. The highest BCUT2D eigenvalue weighted by atomic mass is 35.5. The van der Waals surface area contributed by atoms with Crippen LogP contribution in [0.5, 0.6) is 5.88 Å². The number of halogens is 14. The second-order valence-corrected chi connectivity index (χ2v) is 17.5. The summed E-state index contributed by atoms with van der Waals surface area (Å²) < 4.78 is 157. The van der Waals surface area contributed by atoms with Crippen molar-refractivity contribution in [3.63, 3.8) is 0 Å². The van der Waals surface area contributed by atoms with Gasteiger partial charge in [-0.1, -0.05) is 71.2 Å². The quantitative estimate of drug-likeness (QED) is 0.0448. The summed E-state index contributed by atoms with van der Waals surface area (Å²) >= 11 is 17.0. The molecule has 0 aliphatic carbocycles. The molecule has 2 amide bonds. The van der Waals surface area contributed by atoms with Crippen molar-refractivity contribution >= 4 is 81.1 Å². The van der Waals surface area contributed by atoms with E-state index in [1.54, 1.807) is 47.3 Å². The molecule has 0 saturated heterocycles. The zero-order valence-electron chi connectivity index (χ0n) is 41.9. The average molecular weight is 1230 g/mol. The molecule has 0 aliphatic rings. The molecule has 0 atom stereocenters. The van der Waals surface area contributed by atoms with Crippen molar-refractivity contribution < 1.29 is 82.0 Å². The number of carbonyl (C=O) groups excluding carboxylic acids is 2. The second-order valence-electron chi connectivity index (χ2n) is 16.3. The third-order valence-electron chi connectivity index (χ3n) is 10.9. The smallest absolute Gasteiger partial charge is 0.438 e. The van der Waals surface area contributed by atoms with Gasteiger partial charge in [-0.2, -0.15) is 36.5 Å². The lowest BCUT2D eigenvalue weighted by Gasteiger charge is -2.20. The molecule has 0 radical (unpaired) electrons. The van der Waals surface area contributed by atoms with Crippen molar-refractivity contribution in [2.75, 3.05) is 29.9 Å². The number of para-hydroxylation sites is 2. The summed E-state index contributed by atoms with van der Waals surface area (Å²) in [6.45, 7) is 0.199. The predicted molar refractivity (Wildman–Crippen MR) is 276 cm³/mol. The number of nitro benzene ring substituents is 2. The van der Waals surface area contributed by atoms with Crippen molar-refractivity contribution in [3.8, 4) is 22.7 Å². The van der Waals surface area contributed by atoms with Gasteiger partial charge in [-0.3, -0.25) is 34.5 Å². The Labute approximate surface area is 473 Å². The molecule has 0 unspecified atom stereocenters. The van der Waals surface area contributed by atoms with E-state index in [2.05, 4.69) is 20.5 Å². The van der Waals surface area contributed by atoms with Crippen LogP contribution in [-0.2, 0) is 35.6 Å². The normalized spacial score (nSPS) is 11.2. The highest BCUT2D eigenvalue weighted by Crippen LogP contribution is 2.49. The maximum Gasteiger partial charge on any atom is 0.438 e. The van der Waals surface area contributed by atoms with E-state index in [0.717, 1.165) is 39.3 Å². The van der Waals surface area contributed by atoms with E-state index in [4.69, 9.17) is 49.1 Å². The topological polar surface area (TPSA) is 224 Å². The van der Waals surface area contributed by atoms with Crippen molar-refractivity contribution in [1.82, 2.24) is 24.5 Å².